The number of benzene rings is 1. The van der Waals surface area contributed by atoms with Crippen molar-refractivity contribution in [2.75, 3.05) is 6.61 Å². The van der Waals surface area contributed by atoms with E-state index in [1.807, 2.05) is 24.3 Å². The first-order valence-corrected chi connectivity index (χ1v) is 7.35. The highest BCUT2D eigenvalue weighted by atomic mass is 79.9. The lowest BCUT2D eigenvalue weighted by molar-refractivity contribution is 0.0217. The molecule has 98 valence electrons. The second-order valence-corrected chi connectivity index (χ2v) is 6.04. The van der Waals surface area contributed by atoms with Gasteiger partial charge < -0.3 is 4.74 Å². The van der Waals surface area contributed by atoms with E-state index >= 15 is 0 Å². The van der Waals surface area contributed by atoms with Crippen LogP contribution in [0.25, 0.3) is 0 Å². The van der Waals surface area contributed by atoms with Gasteiger partial charge in [-0.25, -0.2) is 0 Å². The molecule has 0 aliphatic heterocycles. The van der Waals surface area contributed by atoms with Crippen molar-refractivity contribution in [3.05, 3.63) is 34.3 Å². The minimum Gasteiger partial charge on any atom is -0.370 e. The summed E-state index contributed by atoms with van der Waals surface area (Å²) in [5, 5.41) is 0. The SMILES string of the molecule is CC1CCC(OCC(=O)c2ccc(Br)cc2)CC1. The molecule has 0 saturated heterocycles. The van der Waals surface area contributed by atoms with Crippen molar-refractivity contribution in [3.63, 3.8) is 0 Å². The molecule has 0 aromatic heterocycles. The molecule has 1 aromatic rings. The van der Waals surface area contributed by atoms with Crippen molar-refractivity contribution in [3.8, 4) is 0 Å². The Morgan fingerprint density at radius 3 is 2.44 bits per heavy atom. The van der Waals surface area contributed by atoms with Gasteiger partial charge in [0, 0.05) is 10.0 Å². The first kappa shape index (κ1) is 13.8. The number of ether oxygens (including phenoxy) is 1. The second kappa shape index (κ2) is 6.48. The molecule has 1 saturated carbocycles. The molecule has 3 heteroatoms. The quantitative estimate of drug-likeness (QED) is 0.778. The maximum atomic E-state index is 11.9. The molecule has 2 nitrogen and oxygen atoms in total. The molecule has 1 aromatic carbocycles. The third-order valence-electron chi connectivity index (χ3n) is 3.58. The van der Waals surface area contributed by atoms with Gasteiger partial charge in [-0.3, -0.25) is 4.79 Å². The molecule has 1 fully saturated rings. The third-order valence-corrected chi connectivity index (χ3v) is 4.11. The Hall–Kier alpha value is -0.670. The van der Waals surface area contributed by atoms with E-state index in [4.69, 9.17) is 4.74 Å². The zero-order chi connectivity index (χ0) is 13.0. The van der Waals surface area contributed by atoms with E-state index in [9.17, 15) is 4.79 Å². The molecular weight excluding hydrogens is 292 g/mol. The zero-order valence-electron chi connectivity index (χ0n) is 10.7. The van der Waals surface area contributed by atoms with Gasteiger partial charge in [0.25, 0.3) is 0 Å². The summed E-state index contributed by atoms with van der Waals surface area (Å²) in [5.41, 5.74) is 0.724. The summed E-state index contributed by atoms with van der Waals surface area (Å²) in [6.45, 7) is 2.49. The lowest BCUT2D eigenvalue weighted by Gasteiger charge is -2.25. The number of halogens is 1. The number of carbonyl (C=O) groups excluding carboxylic acids is 1. The third kappa shape index (κ3) is 3.92. The van der Waals surface area contributed by atoms with Gasteiger partial charge in [0.2, 0.25) is 0 Å². The average Bonchev–Trinajstić information content (AvgIpc) is 2.38. The van der Waals surface area contributed by atoms with Gasteiger partial charge in [-0.1, -0.05) is 35.0 Å². The summed E-state index contributed by atoms with van der Waals surface area (Å²) in [6.07, 6.45) is 4.90. The summed E-state index contributed by atoms with van der Waals surface area (Å²) in [6, 6.07) is 7.43. The molecule has 0 bridgehead atoms. The van der Waals surface area contributed by atoms with Gasteiger partial charge in [0.15, 0.2) is 5.78 Å². The van der Waals surface area contributed by atoms with Crippen LogP contribution in [0.4, 0.5) is 0 Å². The Morgan fingerprint density at radius 2 is 1.83 bits per heavy atom. The Balaban J connectivity index is 1.79. The lowest BCUT2D eigenvalue weighted by Crippen LogP contribution is -2.23. The fourth-order valence-electron chi connectivity index (χ4n) is 2.31. The predicted octanol–water partition coefficient (Wildman–Crippen LogP) is 4.23. The van der Waals surface area contributed by atoms with Crippen LogP contribution < -0.4 is 0 Å². The van der Waals surface area contributed by atoms with E-state index in [0.717, 1.165) is 28.8 Å². The number of rotatable bonds is 4. The standard InChI is InChI=1S/C15H19BrO2/c1-11-2-8-14(9-3-11)18-10-15(17)12-4-6-13(16)7-5-12/h4-7,11,14H,2-3,8-10H2,1H3. The summed E-state index contributed by atoms with van der Waals surface area (Å²) in [5.74, 6) is 0.883. The largest absolute Gasteiger partial charge is 0.370 e. The van der Waals surface area contributed by atoms with Gasteiger partial charge in [0.05, 0.1) is 6.10 Å². The Labute approximate surface area is 117 Å². The summed E-state index contributed by atoms with van der Waals surface area (Å²) < 4.78 is 6.70. The molecule has 0 amide bonds. The maximum Gasteiger partial charge on any atom is 0.188 e. The van der Waals surface area contributed by atoms with E-state index in [1.54, 1.807) is 0 Å². The van der Waals surface area contributed by atoms with Crippen LogP contribution in [-0.4, -0.2) is 18.5 Å². The first-order valence-electron chi connectivity index (χ1n) is 6.55. The number of ketones is 1. The molecule has 1 aliphatic rings. The van der Waals surface area contributed by atoms with Crippen molar-refractivity contribution in [2.24, 2.45) is 5.92 Å². The van der Waals surface area contributed by atoms with Crippen LogP contribution in [-0.2, 0) is 4.74 Å². The number of Topliss-reactive ketones (excluding diaryl/α,β-unsaturated/α-hetero) is 1. The lowest BCUT2D eigenvalue weighted by atomic mass is 9.89. The summed E-state index contributed by atoms with van der Waals surface area (Å²) in [7, 11) is 0. The highest BCUT2D eigenvalue weighted by Gasteiger charge is 2.19. The smallest absolute Gasteiger partial charge is 0.188 e. The molecule has 0 heterocycles. The monoisotopic (exact) mass is 310 g/mol. The average molecular weight is 311 g/mol. The van der Waals surface area contributed by atoms with E-state index < -0.39 is 0 Å². The minimum atomic E-state index is 0.0705. The van der Waals surface area contributed by atoms with Crippen molar-refractivity contribution < 1.29 is 9.53 Å². The highest BCUT2D eigenvalue weighted by Crippen LogP contribution is 2.25. The van der Waals surface area contributed by atoms with E-state index in [2.05, 4.69) is 22.9 Å². The van der Waals surface area contributed by atoms with Crippen LogP contribution in [0.15, 0.2) is 28.7 Å². The second-order valence-electron chi connectivity index (χ2n) is 5.12. The van der Waals surface area contributed by atoms with Crippen molar-refractivity contribution in [1.29, 1.82) is 0 Å². The van der Waals surface area contributed by atoms with Gasteiger partial charge >= 0.3 is 0 Å². The van der Waals surface area contributed by atoms with Crippen LogP contribution in [0.3, 0.4) is 0 Å². The number of hydrogen-bond donors (Lipinski definition) is 0. The first-order chi connectivity index (χ1) is 8.65. The molecular formula is C15H19BrO2. The number of carbonyl (C=O) groups is 1. The fraction of sp³-hybridized carbons (Fsp3) is 0.533. The minimum absolute atomic E-state index is 0.0705. The van der Waals surface area contributed by atoms with E-state index in [-0.39, 0.29) is 18.5 Å². The molecule has 0 N–H and O–H groups in total. The van der Waals surface area contributed by atoms with Crippen molar-refractivity contribution in [1.82, 2.24) is 0 Å². The Bertz CT molecular complexity index is 391. The van der Waals surface area contributed by atoms with E-state index in [0.29, 0.717) is 0 Å². The highest BCUT2D eigenvalue weighted by molar-refractivity contribution is 9.10. The molecule has 0 unspecified atom stereocenters. The molecule has 0 radical (unpaired) electrons. The zero-order valence-corrected chi connectivity index (χ0v) is 12.3. The van der Waals surface area contributed by atoms with Crippen LogP contribution in [0.5, 0.6) is 0 Å². The molecule has 1 aliphatic carbocycles. The van der Waals surface area contributed by atoms with Gasteiger partial charge in [-0.05, 0) is 43.7 Å². The number of hydrogen-bond acceptors (Lipinski definition) is 2. The van der Waals surface area contributed by atoms with Gasteiger partial charge in [-0.2, -0.15) is 0 Å². The topological polar surface area (TPSA) is 26.3 Å². The molecule has 18 heavy (non-hydrogen) atoms. The Morgan fingerprint density at radius 1 is 1.22 bits per heavy atom. The van der Waals surface area contributed by atoms with Crippen LogP contribution in [0.1, 0.15) is 43.0 Å². The Kier molecular flexibility index (Phi) is 4.95. The predicted molar refractivity (Wildman–Crippen MR) is 75.8 cm³/mol. The van der Waals surface area contributed by atoms with E-state index in [1.165, 1.54) is 12.8 Å². The molecule has 2 rings (SSSR count). The summed E-state index contributed by atoms with van der Waals surface area (Å²) >= 11 is 3.36. The van der Waals surface area contributed by atoms with Gasteiger partial charge in [-0.15, -0.1) is 0 Å². The molecule has 0 atom stereocenters. The van der Waals surface area contributed by atoms with Gasteiger partial charge in [0.1, 0.15) is 6.61 Å². The van der Waals surface area contributed by atoms with Crippen LogP contribution >= 0.6 is 15.9 Å². The maximum absolute atomic E-state index is 11.9. The molecule has 0 spiro atoms. The fourth-order valence-corrected chi connectivity index (χ4v) is 2.57. The van der Waals surface area contributed by atoms with Crippen molar-refractivity contribution in [2.45, 2.75) is 38.7 Å². The normalized spacial score (nSPS) is 23.9. The van der Waals surface area contributed by atoms with Crippen molar-refractivity contribution >= 4 is 21.7 Å². The summed E-state index contributed by atoms with van der Waals surface area (Å²) in [4.78, 5) is 11.9. The van der Waals surface area contributed by atoms with Crippen LogP contribution in [0, 0.1) is 5.92 Å². The van der Waals surface area contributed by atoms with Crippen LogP contribution in [0.2, 0.25) is 0 Å².